The lowest BCUT2D eigenvalue weighted by molar-refractivity contribution is -0.390. The predicted octanol–water partition coefficient (Wildman–Crippen LogP) is 6.14. The molecular weight excluding hydrogens is 581 g/mol. The summed E-state index contributed by atoms with van der Waals surface area (Å²) in [7, 11) is 1.70. The van der Waals surface area contributed by atoms with Gasteiger partial charge in [0.2, 0.25) is 5.75 Å². The molecule has 4 aromatic rings. The first-order valence-corrected chi connectivity index (χ1v) is 12.0. The Hall–Kier alpha value is -3.45. The van der Waals surface area contributed by atoms with Gasteiger partial charge < -0.3 is 14.9 Å². The van der Waals surface area contributed by atoms with Crippen LogP contribution in [0.4, 0.5) is 19.0 Å². The van der Waals surface area contributed by atoms with Gasteiger partial charge in [0.05, 0.1) is 10.2 Å². The molecule has 37 heavy (non-hydrogen) atoms. The lowest BCUT2D eigenvalue weighted by Gasteiger charge is -2.18. The van der Waals surface area contributed by atoms with Crippen molar-refractivity contribution in [2.75, 3.05) is 0 Å². The van der Waals surface area contributed by atoms with Gasteiger partial charge in [-0.2, -0.15) is 10.2 Å². The molecule has 194 valence electrons. The maximum absolute atomic E-state index is 14.3. The first-order chi connectivity index (χ1) is 17.5. The monoisotopic (exact) mass is 598 g/mol. The topological polar surface area (TPSA) is 101 Å². The molecule has 1 atom stereocenters. The zero-order valence-corrected chi connectivity index (χ0v) is 21.8. The summed E-state index contributed by atoms with van der Waals surface area (Å²) in [6.45, 7) is 1.03. The first kappa shape index (κ1) is 26.6. The van der Waals surface area contributed by atoms with Crippen LogP contribution in [0.2, 0.25) is 5.15 Å². The molecule has 0 radical (unpaired) electrons. The van der Waals surface area contributed by atoms with E-state index in [2.05, 4.69) is 31.1 Å². The highest BCUT2D eigenvalue weighted by atomic mass is 79.9. The maximum atomic E-state index is 14.3. The summed E-state index contributed by atoms with van der Waals surface area (Å²) in [5.74, 6) is -1.12. The van der Waals surface area contributed by atoms with Crippen LogP contribution in [0.3, 0.4) is 0 Å². The largest absolute Gasteiger partial charge is 0.478 e. The van der Waals surface area contributed by atoms with Crippen LogP contribution in [0, 0.1) is 15.9 Å². The normalized spacial score (nSPS) is 12.2. The molecule has 3 heterocycles. The summed E-state index contributed by atoms with van der Waals surface area (Å²) in [5, 5.41) is 20.0. The van der Waals surface area contributed by atoms with E-state index in [4.69, 9.17) is 16.3 Å². The molecule has 0 saturated carbocycles. The molecule has 0 bridgehead atoms. The summed E-state index contributed by atoms with van der Waals surface area (Å²) >= 11 is 9.41. The van der Waals surface area contributed by atoms with E-state index >= 15 is 0 Å². The summed E-state index contributed by atoms with van der Waals surface area (Å²) in [6.07, 6.45) is 1.25. The molecule has 0 amide bonds. The van der Waals surface area contributed by atoms with Crippen molar-refractivity contribution in [1.29, 1.82) is 0 Å². The van der Waals surface area contributed by atoms with Crippen LogP contribution in [0.15, 0.2) is 47.3 Å². The minimum Gasteiger partial charge on any atom is -0.478 e. The van der Waals surface area contributed by atoms with Crippen molar-refractivity contribution in [3.05, 3.63) is 85.1 Å². The third-order valence-electron chi connectivity index (χ3n) is 5.38. The Labute approximate surface area is 222 Å². The number of aryl methyl sites for hydroxylation is 1. The van der Waals surface area contributed by atoms with Crippen molar-refractivity contribution >= 4 is 33.3 Å². The number of alkyl halides is 2. The van der Waals surface area contributed by atoms with Crippen molar-refractivity contribution < 1.29 is 22.8 Å². The van der Waals surface area contributed by atoms with E-state index in [1.807, 2.05) is 0 Å². The standard InChI is InChI=1S/C23H19BrClF3N6O3/c1-12(37-19-6-15(24)8-29-23(19)34(35)36)18-7-16(26)3-4-17(18)21-13(9-32(2)30-21)5-14-10-33(11-20(27)28)31-22(14)25/h3-4,6-10,12,20H,5,11H2,1-2H3/t12-/m1/s1. The third kappa shape index (κ3) is 6.10. The second-order valence-electron chi connectivity index (χ2n) is 8.14. The van der Waals surface area contributed by atoms with Gasteiger partial charge in [0, 0.05) is 54.2 Å². The molecule has 1 aromatic carbocycles. The molecule has 0 spiro atoms. The van der Waals surface area contributed by atoms with Crippen molar-refractivity contribution in [2.24, 2.45) is 7.05 Å². The minimum absolute atomic E-state index is 0.0842. The fourth-order valence-electron chi connectivity index (χ4n) is 3.87. The molecule has 0 aliphatic rings. The van der Waals surface area contributed by atoms with E-state index < -0.39 is 35.6 Å². The highest BCUT2D eigenvalue weighted by Crippen LogP contribution is 2.36. The molecule has 0 aliphatic heterocycles. The quantitative estimate of drug-likeness (QED) is 0.169. The van der Waals surface area contributed by atoms with Gasteiger partial charge in [0.25, 0.3) is 6.43 Å². The molecule has 0 unspecified atom stereocenters. The Morgan fingerprint density at radius 1 is 1.22 bits per heavy atom. The number of aromatic nitrogens is 5. The van der Waals surface area contributed by atoms with Crippen molar-refractivity contribution in [3.63, 3.8) is 0 Å². The van der Waals surface area contributed by atoms with Gasteiger partial charge in [-0.3, -0.25) is 9.36 Å². The highest BCUT2D eigenvalue weighted by Gasteiger charge is 2.24. The summed E-state index contributed by atoms with van der Waals surface area (Å²) in [4.78, 5) is 14.5. The Balaban J connectivity index is 1.72. The average Bonchev–Trinajstić information content (AvgIpc) is 3.34. The van der Waals surface area contributed by atoms with Crippen LogP contribution in [-0.4, -0.2) is 35.9 Å². The second kappa shape index (κ2) is 10.9. The van der Waals surface area contributed by atoms with Gasteiger partial charge in [0.1, 0.15) is 18.5 Å². The summed E-state index contributed by atoms with van der Waals surface area (Å²) in [6, 6.07) is 5.47. The second-order valence-corrected chi connectivity index (χ2v) is 9.41. The molecule has 4 rings (SSSR count). The van der Waals surface area contributed by atoms with Crippen molar-refractivity contribution in [2.45, 2.75) is 32.4 Å². The summed E-state index contributed by atoms with van der Waals surface area (Å²) in [5.41, 5.74) is 2.57. The number of halogens is 5. The molecular formula is C23H19BrClF3N6O3. The molecule has 0 fully saturated rings. The summed E-state index contributed by atoms with van der Waals surface area (Å²) < 4.78 is 48.9. The number of ether oxygens (including phenoxy) is 1. The SMILES string of the molecule is C[C@@H](Oc1cc(Br)cnc1[N+](=O)[O-])c1cc(F)ccc1-c1nn(C)cc1Cc1cn(CC(F)F)nc1Cl. The minimum atomic E-state index is -2.59. The fourth-order valence-corrected chi connectivity index (χ4v) is 4.39. The van der Waals surface area contributed by atoms with E-state index in [1.165, 1.54) is 36.7 Å². The molecule has 0 aliphatic carbocycles. The Kier molecular flexibility index (Phi) is 7.83. The van der Waals surface area contributed by atoms with Crippen LogP contribution >= 0.6 is 27.5 Å². The van der Waals surface area contributed by atoms with E-state index in [9.17, 15) is 23.3 Å². The van der Waals surface area contributed by atoms with Crippen LogP contribution in [0.25, 0.3) is 11.3 Å². The molecule has 0 N–H and O–H groups in total. The van der Waals surface area contributed by atoms with E-state index in [1.54, 1.807) is 24.9 Å². The number of pyridine rings is 1. The average molecular weight is 600 g/mol. The zero-order valence-electron chi connectivity index (χ0n) is 19.4. The lowest BCUT2D eigenvalue weighted by atomic mass is 9.96. The van der Waals surface area contributed by atoms with Gasteiger partial charge in [-0.15, -0.1) is 0 Å². The number of benzene rings is 1. The van der Waals surface area contributed by atoms with Gasteiger partial charge >= 0.3 is 5.82 Å². The van der Waals surface area contributed by atoms with Crippen molar-refractivity contribution in [1.82, 2.24) is 24.5 Å². The number of rotatable bonds is 9. The molecule has 14 heteroatoms. The number of hydrogen-bond donors (Lipinski definition) is 0. The number of hydrogen-bond acceptors (Lipinski definition) is 6. The van der Waals surface area contributed by atoms with Gasteiger partial charge in [-0.1, -0.05) is 11.6 Å². The molecule has 3 aromatic heterocycles. The molecule has 9 nitrogen and oxygen atoms in total. The highest BCUT2D eigenvalue weighted by molar-refractivity contribution is 9.10. The zero-order chi connectivity index (χ0) is 26.9. The Bertz CT molecular complexity index is 1460. The van der Waals surface area contributed by atoms with Crippen LogP contribution in [0.5, 0.6) is 5.75 Å². The Morgan fingerprint density at radius 2 is 1.97 bits per heavy atom. The van der Waals surface area contributed by atoms with E-state index in [-0.39, 0.29) is 17.3 Å². The van der Waals surface area contributed by atoms with Crippen LogP contribution < -0.4 is 4.74 Å². The fraction of sp³-hybridized carbons (Fsp3) is 0.261. The van der Waals surface area contributed by atoms with Gasteiger partial charge in [0.15, 0.2) is 11.3 Å². The smallest absolute Gasteiger partial charge is 0.406 e. The van der Waals surface area contributed by atoms with E-state index in [0.29, 0.717) is 32.4 Å². The van der Waals surface area contributed by atoms with E-state index in [0.717, 1.165) is 4.68 Å². The maximum Gasteiger partial charge on any atom is 0.406 e. The first-order valence-electron chi connectivity index (χ1n) is 10.8. The third-order valence-corrected chi connectivity index (χ3v) is 6.13. The van der Waals surface area contributed by atoms with Gasteiger partial charge in [-0.05, 0) is 51.0 Å². The number of nitrogens with zero attached hydrogens (tertiary/aromatic N) is 6. The number of nitro groups is 1. The van der Waals surface area contributed by atoms with Crippen molar-refractivity contribution in [3.8, 4) is 17.0 Å². The lowest BCUT2D eigenvalue weighted by Crippen LogP contribution is -2.08. The van der Waals surface area contributed by atoms with Crippen LogP contribution in [0.1, 0.15) is 29.7 Å². The predicted molar refractivity (Wildman–Crippen MR) is 132 cm³/mol. The Morgan fingerprint density at radius 3 is 2.68 bits per heavy atom. The molecule has 0 saturated heterocycles. The van der Waals surface area contributed by atoms with Gasteiger partial charge in [-0.25, -0.2) is 13.2 Å². The van der Waals surface area contributed by atoms with Crippen LogP contribution in [-0.2, 0) is 20.0 Å².